The van der Waals surface area contributed by atoms with Gasteiger partial charge in [-0.2, -0.15) is 0 Å². The lowest BCUT2D eigenvalue weighted by molar-refractivity contribution is -0.291. The Kier molecular flexibility index (Phi) is 16.3. The summed E-state index contributed by atoms with van der Waals surface area (Å²) in [6, 6.07) is -1.44. The molecule has 0 aromatic heterocycles. The second-order valence-corrected chi connectivity index (χ2v) is 9.89. The lowest BCUT2D eigenvalue weighted by Crippen LogP contribution is -2.69. The maximum atomic E-state index is 13.4. The summed E-state index contributed by atoms with van der Waals surface area (Å²) >= 11 is 0. The molecule has 1 heterocycles. The van der Waals surface area contributed by atoms with E-state index in [-0.39, 0.29) is 19.8 Å². The molecule has 1 rings (SSSR count). The summed E-state index contributed by atoms with van der Waals surface area (Å²) in [5.74, 6) is -6.99. The highest BCUT2D eigenvalue weighted by molar-refractivity contribution is 7.41. The van der Waals surface area contributed by atoms with Gasteiger partial charge in [0.2, 0.25) is 0 Å². The van der Waals surface area contributed by atoms with Crippen molar-refractivity contribution in [3.8, 4) is 0 Å². The summed E-state index contributed by atoms with van der Waals surface area (Å²) < 4.78 is 54.4. The zero-order valence-corrected chi connectivity index (χ0v) is 26.3. The third-order valence-corrected chi connectivity index (χ3v) is 6.76. The van der Waals surface area contributed by atoms with Gasteiger partial charge in [0.1, 0.15) is 18.8 Å². The maximum Gasteiger partial charge on any atom is 0.407 e. The van der Waals surface area contributed by atoms with Crippen LogP contribution in [0.2, 0.25) is 0 Å². The first kappa shape index (κ1) is 37.9. The standard InChI is InChI=1S/C25H40NO16P/c1-9-34-24(32)26-20-18(38-15(5)28)12-25(23(31)33-8,42-43(36-10-2)37-11-3)41-22(20)21(40-17(7)30)19(39-16(6)29)13-35-14(4)27/h18-22H,9-13H2,1-8H3,(H,26,32)/t18-,19+,20+,21+,22+,25+/m0/s1. The summed E-state index contributed by atoms with van der Waals surface area (Å²) in [5.41, 5.74) is 0. The molecule has 0 aromatic carbocycles. The first-order chi connectivity index (χ1) is 20.2. The molecule has 246 valence electrons. The van der Waals surface area contributed by atoms with Gasteiger partial charge < -0.3 is 47.5 Å². The number of rotatable bonds is 16. The Labute approximate surface area is 250 Å². The van der Waals surface area contributed by atoms with E-state index >= 15 is 0 Å². The minimum Gasteiger partial charge on any atom is -0.465 e. The zero-order valence-electron chi connectivity index (χ0n) is 25.4. The number of hydrogen-bond donors (Lipinski definition) is 1. The molecule has 0 saturated carbocycles. The number of nitrogens with one attached hydrogen (secondary N) is 1. The first-order valence-electron chi connectivity index (χ1n) is 13.3. The van der Waals surface area contributed by atoms with Gasteiger partial charge in [-0.1, -0.05) is 0 Å². The van der Waals surface area contributed by atoms with E-state index in [1.165, 1.54) is 6.92 Å². The van der Waals surface area contributed by atoms with Gasteiger partial charge in [0.05, 0.1) is 39.4 Å². The molecule has 1 fully saturated rings. The van der Waals surface area contributed by atoms with Crippen LogP contribution in [0.15, 0.2) is 0 Å². The van der Waals surface area contributed by atoms with Crippen molar-refractivity contribution in [2.24, 2.45) is 0 Å². The van der Waals surface area contributed by atoms with Gasteiger partial charge in [-0.3, -0.25) is 23.7 Å². The summed E-state index contributed by atoms with van der Waals surface area (Å²) in [5, 5.41) is 2.48. The van der Waals surface area contributed by atoms with Crippen LogP contribution in [0, 0.1) is 0 Å². The van der Waals surface area contributed by atoms with Crippen molar-refractivity contribution in [2.45, 2.75) is 91.1 Å². The van der Waals surface area contributed by atoms with Crippen molar-refractivity contribution in [1.29, 1.82) is 0 Å². The minimum atomic E-state index is -2.46. The molecule has 1 aliphatic heterocycles. The van der Waals surface area contributed by atoms with Gasteiger partial charge in [0, 0.05) is 27.7 Å². The van der Waals surface area contributed by atoms with E-state index in [9.17, 15) is 28.8 Å². The highest BCUT2D eigenvalue weighted by Crippen LogP contribution is 2.49. The van der Waals surface area contributed by atoms with Gasteiger partial charge in [0.25, 0.3) is 5.79 Å². The van der Waals surface area contributed by atoms with Crippen molar-refractivity contribution in [3.05, 3.63) is 0 Å². The number of carbonyl (C=O) groups excluding carboxylic acids is 6. The maximum absolute atomic E-state index is 13.4. The molecular weight excluding hydrogens is 601 g/mol. The second kappa shape index (κ2) is 18.5. The van der Waals surface area contributed by atoms with Crippen LogP contribution in [-0.4, -0.2) is 106 Å². The highest BCUT2D eigenvalue weighted by Gasteiger charge is 2.60. The van der Waals surface area contributed by atoms with Gasteiger partial charge in [-0.25, -0.2) is 9.59 Å². The monoisotopic (exact) mass is 641 g/mol. The first-order valence-corrected chi connectivity index (χ1v) is 14.4. The van der Waals surface area contributed by atoms with Gasteiger partial charge in [-0.15, -0.1) is 0 Å². The number of amides is 1. The molecule has 0 bridgehead atoms. The molecule has 43 heavy (non-hydrogen) atoms. The van der Waals surface area contributed by atoms with Crippen LogP contribution >= 0.6 is 8.60 Å². The van der Waals surface area contributed by atoms with Crippen LogP contribution in [0.3, 0.4) is 0 Å². The Morgan fingerprint density at radius 2 is 1.47 bits per heavy atom. The third-order valence-electron chi connectivity index (χ3n) is 5.38. The summed E-state index contributed by atoms with van der Waals surface area (Å²) in [6.07, 6.45) is -8.02. The molecule has 18 heteroatoms. The predicted molar refractivity (Wildman–Crippen MR) is 143 cm³/mol. The molecule has 0 aliphatic carbocycles. The predicted octanol–water partition coefficient (Wildman–Crippen LogP) is 1.43. The lowest BCUT2D eigenvalue weighted by Gasteiger charge is -2.48. The van der Waals surface area contributed by atoms with E-state index in [0.717, 1.165) is 34.8 Å². The van der Waals surface area contributed by atoms with Crippen molar-refractivity contribution < 1.29 is 75.5 Å². The Morgan fingerprint density at radius 3 is 1.93 bits per heavy atom. The minimum absolute atomic E-state index is 0.0551. The lowest BCUT2D eigenvalue weighted by atomic mass is 9.88. The van der Waals surface area contributed by atoms with E-state index < -0.39 is 93.8 Å². The number of alkyl carbamates (subject to hydrolysis) is 1. The van der Waals surface area contributed by atoms with Crippen LogP contribution in [0.25, 0.3) is 0 Å². The van der Waals surface area contributed by atoms with Crippen LogP contribution in [-0.2, 0) is 70.7 Å². The quantitative estimate of drug-likeness (QED) is 0.144. The molecule has 1 saturated heterocycles. The fourth-order valence-electron chi connectivity index (χ4n) is 3.99. The average molecular weight is 642 g/mol. The average Bonchev–Trinajstić information content (AvgIpc) is 2.90. The number of ether oxygens (including phenoxy) is 7. The number of hydrogen-bond acceptors (Lipinski definition) is 16. The molecule has 0 spiro atoms. The summed E-state index contributed by atoms with van der Waals surface area (Å²) in [7, 11) is -1.25. The number of carbonyl (C=O) groups is 6. The van der Waals surface area contributed by atoms with E-state index in [1.54, 1.807) is 13.8 Å². The van der Waals surface area contributed by atoms with Crippen LogP contribution < -0.4 is 5.32 Å². The molecule has 1 N–H and O–H groups in total. The largest absolute Gasteiger partial charge is 0.465 e. The molecule has 6 atom stereocenters. The van der Waals surface area contributed by atoms with E-state index in [2.05, 4.69) is 5.32 Å². The SMILES string of the molecule is CCOC(=O)N[C@H]1[C@H]([C@H](OC(C)=O)[C@@H](COC(C)=O)OC(C)=O)O[C@](OP(OCC)OCC)(C(=O)OC)C[C@@H]1OC(C)=O. The zero-order chi connectivity index (χ0) is 32.7. The van der Waals surface area contributed by atoms with E-state index in [0.29, 0.717) is 0 Å². The van der Waals surface area contributed by atoms with Gasteiger partial charge in [-0.05, 0) is 20.8 Å². The normalized spacial score (nSPS) is 22.9. The van der Waals surface area contributed by atoms with Crippen LogP contribution in [0.1, 0.15) is 54.9 Å². The second-order valence-electron chi connectivity index (χ2n) is 8.74. The Balaban J connectivity index is 3.95. The molecule has 1 aliphatic rings. The Hall–Kier alpha value is -3.11. The highest BCUT2D eigenvalue weighted by atomic mass is 31.2. The van der Waals surface area contributed by atoms with Gasteiger partial charge in [0.15, 0.2) is 12.2 Å². The van der Waals surface area contributed by atoms with Gasteiger partial charge >= 0.3 is 44.5 Å². The molecule has 1 amide bonds. The Morgan fingerprint density at radius 1 is 0.860 bits per heavy atom. The summed E-state index contributed by atoms with van der Waals surface area (Å²) in [4.78, 5) is 74.3. The Bertz CT molecular complexity index is 973. The topological polar surface area (TPSA) is 207 Å². The van der Waals surface area contributed by atoms with Crippen molar-refractivity contribution in [1.82, 2.24) is 5.32 Å². The molecule has 17 nitrogen and oxygen atoms in total. The van der Waals surface area contributed by atoms with Crippen LogP contribution in [0.5, 0.6) is 0 Å². The summed E-state index contributed by atoms with van der Waals surface area (Å²) in [6.45, 7) is 8.55. The number of esters is 5. The fourth-order valence-corrected chi connectivity index (χ4v) is 5.02. The van der Waals surface area contributed by atoms with Crippen molar-refractivity contribution in [3.63, 3.8) is 0 Å². The molecule has 0 radical (unpaired) electrons. The third kappa shape index (κ3) is 12.2. The van der Waals surface area contributed by atoms with E-state index in [4.69, 9.17) is 46.7 Å². The fraction of sp³-hybridized carbons (Fsp3) is 0.760. The smallest absolute Gasteiger partial charge is 0.407 e. The van der Waals surface area contributed by atoms with Crippen molar-refractivity contribution >= 4 is 44.5 Å². The number of methoxy groups -OCH3 is 1. The van der Waals surface area contributed by atoms with Crippen LogP contribution in [0.4, 0.5) is 4.79 Å². The molecule has 0 aromatic rings. The van der Waals surface area contributed by atoms with Crippen molar-refractivity contribution in [2.75, 3.05) is 33.5 Å². The van der Waals surface area contributed by atoms with E-state index in [1.807, 2.05) is 0 Å². The molecule has 0 unspecified atom stereocenters. The molecular formula is C25H40NO16P.